The van der Waals surface area contributed by atoms with E-state index in [1.54, 1.807) is 11.1 Å². The zero-order valence-electron chi connectivity index (χ0n) is 14.7. The first-order valence-corrected chi connectivity index (χ1v) is 9.43. The van der Waals surface area contributed by atoms with Crippen LogP contribution in [0.3, 0.4) is 0 Å². The van der Waals surface area contributed by atoms with Gasteiger partial charge < -0.3 is 10.2 Å². The van der Waals surface area contributed by atoms with Crippen molar-refractivity contribution < 1.29 is 14.4 Å². The van der Waals surface area contributed by atoms with Gasteiger partial charge in [0.25, 0.3) is 11.7 Å². The summed E-state index contributed by atoms with van der Waals surface area (Å²) in [6.45, 7) is 2.90. The summed E-state index contributed by atoms with van der Waals surface area (Å²) in [7, 11) is 0. The van der Waals surface area contributed by atoms with Crippen LogP contribution < -0.4 is 10.2 Å². The fraction of sp³-hybridized carbons (Fsp3) is 0.353. The summed E-state index contributed by atoms with van der Waals surface area (Å²) >= 11 is 12.3. The fourth-order valence-corrected chi connectivity index (χ4v) is 3.80. The first-order chi connectivity index (χ1) is 13.5. The number of hydrogen-bond acceptors (Lipinski definition) is 6. The normalized spacial score (nSPS) is 16.6. The molecule has 2 amide bonds. The van der Waals surface area contributed by atoms with E-state index in [4.69, 9.17) is 23.2 Å². The minimum absolute atomic E-state index is 0.000535. The molecule has 3 heterocycles. The highest BCUT2D eigenvalue weighted by Gasteiger charge is 2.39. The highest BCUT2D eigenvalue weighted by molar-refractivity contribution is 6.56. The van der Waals surface area contributed by atoms with Gasteiger partial charge in [-0.3, -0.25) is 19.3 Å². The van der Waals surface area contributed by atoms with Gasteiger partial charge >= 0.3 is 0 Å². The molecule has 1 fully saturated rings. The van der Waals surface area contributed by atoms with Crippen LogP contribution >= 0.6 is 23.2 Å². The smallest absolute Gasteiger partial charge is 0.299 e. The van der Waals surface area contributed by atoms with E-state index in [2.05, 4.69) is 15.6 Å². The van der Waals surface area contributed by atoms with Crippen molar-refractivity contribution in [1.82, 2.24) is 25.2 Å². The molecule has 28 heavy (non-hydrogen) atoms. The van der Waals surface area contributed by atoms with Crippen molar-refractivity contribution in [3.63, 3.8) is 0 Å². The molecule has 2 aliphatic heterocycles. The molecule has 1 N–H and O–H groups in total. The van der Waals surface area contributed by atoms with Crippen LogP contribution in [0.4, 0.5) is 5.69 Å². The predicted octanol–water partition coefficient (Wildman–Crippen LogP) is 0.746. The first kappa shape index (κ1) is 18.9. The number of carbonyl (C=O) groups excluding carboxylic acids is 3. The highest BCUT2D eigenvalue weighted by atomic mass is 35.5. The summed E-state index contributed by atoms with van der Waals surface area (Å²) < 4.78 is 1.42. The number of hydrogen-bond donors (Lipinski definition) is 1. The number of anilines is 1. The lowest BCUT2D eigenvalue weighted by atomic mass is 10.1. The van der Waals surface area contributed by atoms with Crippen molar-refractivity contribution >= 4 is 46.5 Å². The number of ketones is 1. The Kier molecular flexibility index (Phi) is 5.05. The molecule has 0 aliphatic carbocycles. The van der Waals surface area contributed by atoms with Crippen molar-refractivity contribution in [3.8, 4) is 0 Å². The lowest BCUT2D eigenvalue weighted by Crippen LogP contribution is -2.47. The van der Waals surface area contributed by atoms with Crippen LogP contribution in [0.1, 0.15) is 16.1 Å². The molecule has 0 radical (unpaired) electrons. The topological polar surface area (TPSA) is 100 Å². The van der Waals surface area contributed by atoms with Gasteiger partial charge in [-0.1, -0.05) is 28.4 Å². The standard InChI is InChI=1S/C17H16Cl2N6O3/c18-11-1-2-12(19)15-14(11)16(27)17(28)25(15)8-10-7-24(22-21-10)9-13(26)23-5-3-20-4-6-23/h1-2,7,20H,3-6,8-9H2. The average molecular weight is 423 g/mol. The number of aromatic nitrogens is 3. The molecule has 11 heteroatoms. The molecule has 2 aromatic rings. The molecule has 1 saturated heterocycles. The van der Waals surface area contributed by atoms with E-state index in [1.165, 1.54) is 21.7 Å². The van der Waals surface area contributed by atoms with Crippen molar-refractivity contribution in [1.29, 1.82) is 0 Å². The van der Waals surface area contributed by atoms with Gasteiger partial charge in [-0.05, 0) is 12.1 Å². The summed E-state index contributed by atoms with van der Waals surface area (Å²) in [5.41, 5.74) is 0.800. The summed E-state index contributed by atoms with van der Waals surface area (Å²) in [5.74, 6) is -1.48. The molecule has 146 valence electrons. The van der Waals surface area contributed by atoms with E-state index in [0.717, 1.165) is 13.1 Å². The molecule has 4 rings (SSSR count). The van der Waals surface area contributed by atoms with E-state index in [-0.39, 0.29) is 40.3 Å². The molecular weight excluding hydrogens is 407 g/mol. The third-order valence-electron chi connectivity index (χ3n) is 4.69. The molecule has 0 bridgehead atoms. The molecule has 1 aromatic carbocycles. The number of rotatable bonds is 4. The molecule has 0 atom stereocenters. The summed E-state index contributed by atoms with van der Waals surface area (Å²) in [6, 6.07) is 3.01. The fourth-order valence-electron chi connectivity index (χ4n) is 3.31. The Morgan fingerprint density at radius 3 is 2.61 bits per heavy atom. The number of halogens is 2. The first-order valence-electron chi connectivity index (χ1n) is 8.67. The van der Waals surface area contributed by atoms with E-state index in [9.17, 15) is 14.4 Å². The van der Waals surface area contributed by atoms with Gasteiger partial charge in [0.2, 0.25) is 5.91 Å². The second kappa shape index (κ2) is 7.50. The lowest BCUT2D eigenvalue weighted by molar-refractivity contribution is -0.132. The molecule has 0 spiro atoms. The maximum Gasteiger partial charge on any atom is 0.299 e. The number of nitrogens with one attached hydrogen (secondary N) is 1. The van der Waals surface area contributed by atoms with Gasteiger partial charge in [0.15, 0.2) is 0 Å². The summed E-state index contributed by atoms with van der Waals surface area (Å²) in [5, 5.41) is 11.6. The monoisotopic (exact) mass is 422 g/mol. The van der Waals surface area contributed by atoms with E-state index in [1.807, 2.05) is 0 Å². The Morgan fingerprint density at radius 2 is 1.86 bits per heavy atom. The van der Waals surface area contributed by atoms with Crippen LogP contribution in [0.15, 0.2) is 18.3 Å². The second-order valence-electron chi connectivity index (χ2n) is 6.51. The van der Waals surface area contributed by atoms with Gasteiger partial charge in [-0.15, -0.1) is 5.10 Å². The van der Waals surface area contributed by atoms with Crippen LogP contribution in [-0.2, 0) is 22.7 Å². The SMILES string of the molecule is O=C1C(=O)N(Cc2cn(CC(=O)N3CCNCC3)nn2)c2c(Cl)ccc(Cl)c21. The number of Topliss-reactive ketones (excluding diaryl/α,β-unsaturated/α-hetero) is 1. The maximum atomic E-state index is 12.4. The van der Waals surface area contributed by atoms with Crippen LogP contribution in [0.5, 0.6) is 0 Å². The number of piperazine rings is 1. The largest absolute Gasteiger partial charge is 0.339 e. The van der Waals surface area contributed by atoms with Gasteiger partial charge in [-0.25, -0.2) is 4.68 Å². The third kappa shape index (κ3) is 3.36. The van der Waals surface area contributed by atoms with Gasteiger partial charge in [0.1, 0.15) is 12.2 Å². The van der Waals surface area contributed by atoms with Gasteiger partial charge in [0.05, 0.1) is 34.0 Å². The quantitative estimate of drug-likeness (QED) is 0.729. The van der Waals surface area contributed by atoms with Crippen LogP contribution in [0.25, 0.3) is 0 Å². The zero-order chi connectivity index (χ0) is 19.8. The Bertz CT molecular complexity index is 970. The molecule has 0 unspecified atom stereocenters. The second-order valence-corrected chi connectivity index (χ2v) is 7.33. The number of benzene rings is 1. The van der Waals surface area contributed by atoms with Crippen LogP contribution in [0.2, 0.25) is 10.0 Å². The number of nitrogens with zero attached hydrogens (tertiary/aromatic N) is 5. The predicted molar refractivity (Wildman–Crippen MR) is 101 cm³/mol. The summed E-state index contributed by atoms with van der Waals surface area (Å²) in [6.07, 6.45) is 1.58. The number of carbonyl (C=O) groups is 3. The van der Waals surface area contributed by atoms with Gasteiger partial charge in [0, 0.05) is 26.2 Å². The maximum absolute atomic E-state index is 12.4. The van der Waals surface area contributed by atoms with Crippen molar-refractivity contribution in [2.24, 2.45) is 0 Å². The zero-order valence-corrected chi connectivity index (χ0v) is 16.2. The molecular formula is C17H16Cl2N6O3. The lowest BCUT2D eigenvalue weighted by Gasteiger charge is -2.27. The number of amides is 2. The van der Waals surface area contributed by atoms with E-state index < -0.39 is 11.7 Å². The third-order valence-corrected chi connectivity index (χ3v) is 5.31. The Labute approximate surface area is 170 Å². The summed E-state index contributed by atoms with van der Waals surface area (Å²) in [4.78, 5) is 40.0. The highest BCUT2D eigenvalue weighted by Crippen LogP contribution is 2.40. The number of fused-ring (bicyclic) bond motifs is 1. The van der Waals surface area contributed by atoms with E-state index in [0.29, 0.717) is 18.8 Å². The molecule has 0 saturated carbocycles. The van der Waals surface area contributed by atoms with Crippen LogP contribution in [0, 0.1) is 0 Å². The Hall–Kier alpha value is -2.49. The Morgan fingerprint density at radius 1 is 1.14 bits per heavy atom. The van der Waals surface area contributed by atoms with Crippen molar-refractivity contribution in [3.05, 3.63) is 39.6 Å². The van der Waals surface area contributed by atoms with Crippen molar-refractivity contribution in [2.45, 2.75) is 13.1 Å². The van der Waals surface area contributed by atoms with Gasteiger partial charge in [-0.2, -0.15) is 0 Å². The molecule has 9 nitrogen and oxygen atoms in total. The molecule has 2 aliphatic rings. The minimum atomic E-state index is -0.726. The molecule has 1 aromatic heterocycles. The van der Waals surface area contributed by atoms with E-state index >= 15 is 0 Å². The average Bonchev–Trinajstić information content (AvgIpc) is 3.24. The minimum Gasteiger partial charge on any atom is -0.339 e. The Balaban J connectivity index is 1.50. The van der Waals surface area contributed by atoms with Crippen LogP contribution in [-0.4, -0.2) is 63.7 Å². The van der Waals surface area contributed by atoms with Crippen molar-refractivity contribution in [2.75, 3.05) is 31.1 Å².